The predicted molar refractivity (Wildman–Crippen MR) is 92.5 cm³/mol. The number of oxazole rings is 1. The number of rotatable bonds is 4. The van der Waals surface area contributed by atoms with E-state index in [9.17, 15) is 4.79 Å². The molecule has 2 N–H and O–H groups in total. The maximum absolute atomic E-state index is 12.2. The number of H-pyrrole nitrogens is 1. The van der Waals surface area contributed by atoms with Gasteiger partial charge in [0.2, 0.25) is 0 Å². The number of anilines is 1. The summed E-state index contributed by atoms with van der Waals surface area (Å²) < 4.78 is 10.3. The number of carbonyl (C=O) groups excluding carboxylic acids is 1. The molecular weight excluding hydrogens is 320 g/mol. The molecule has 0 spiro atoms. The summed E-state index contributed by atoms with van der Waals surface area (Å²) in [6.45, 7) is 0. The molecule has 2 heterocycles. The molecule has 7 heteroatoms. The fraction of sp³-hybridized carbons (Fsp3) is 0.0556. The van der Waals surface area contributed by atoms with Gasteiger partial charge >= 0.3 is 6.01 Å². The van der Waals surface area contributed by atoms with Gasteiger partial charge in [0.25, 0.3) is 5.91 Å². The molecule has 2 aromatic heterocycles. The first-order valence-corrected chi connectivity index (χ1v) is 7.58. The van der Waals surface area contributed by atoms with E-state index in [-0.39, 0.29) is 11.9 Å². The Morgan fingerprint density at radius 1 is 1.20 bits per heavy atom. The van der Waals surface area contributed by atoms with E-state index in [1.165, 1.54) is 12.5 Å². The second kappa shape index (κ2) is 6.12. The summed E-state index contributed by atoms with van der Waals surface area (Å²) in [6, 6.07) is 13.0. The lowest BCUT2D eigenvalue weighted by atomic mass is 10.1. The number of ether oxygens (including phenoxy) is 1. The van der Waals surface area contributed by atoms with Crippen molar-refractivity contribution in [1.29, 1.82) is 0 Å². The molecule has 7 nitrogen and oxygen atoms in total. The van der Waals surface area contributed by atoms with Crippen LogP contribution in [0.25, 0.3) is 22.2 Å². The summed E-state index contributed by atoms with van der Waals surface area (Å²) in [5, 5.41) is 10.9. The molecule has 25 heavy (non-hydrogen) atoms. The SMILES string of the molecule is COc1ccc2[nH]nc(-c3ccc(C(=O)Nc4ncco4)cc3)c2c1. The van der Waals surface area contributed by atoms with Crippen LogP contribution in [0.1, 0.15) is 10.4 Å². The molecule has 0 aliphatic heterocycles. The van der Waals surface area contributed by atoms with Crippen LogP contribution in [-0.4, -0.2) is 28.2 Å². The molecule has 0 atom stereocenters. The monoisotopic (exact) mass is 334 g/mol. The molecule has 0 aliphatic carbocycles. The lowest BCUT2D eigenvalue weighted by molar-refractivity contribution is 0.102. The Bertz CT molecular complexity index is 1020. The third-order valence-electron chi connectivity index (χ3n) is 3.84. The highest BCUT2D eigenvalue weighted by molar-refractivity contribution is 6.03. The number of hydrogen-bond donors (Lipinski definition) is 2. The number of aromatic nitrogens is 3. The van der Waals surface area contributed by atoms with Gasteiger partial charge in [0.15, 0.2) is 0 Å². The highest BCUT2D eigenvalue weighted by atomic mass is 16.5. The van der Waals surface area contributed by atoms with E-state index < -0.39 is 0 Å². The third kappa shape index (κ3) is 2.83. The highest BCUT2D eigenvalue weighted by Gasteiger charge is 2.12. The number of methoxy groups -OCH3 is 1. The lowest BCUT2D eigenvalue weighted by Gasteiger charge is -2.03. The topological polar surface area (TPSA) is 93.0 Å². The van der Waals surface area contributed by atoms with Crippen LogP contribution in [-0.2, 0) is 0 Å². The predicted octanol–water partition coefficient (Wildman–Crippen LogP) is 3.48. The van der Waals surface area contributed by atoms with Crippen molar-refractivity contribution in [1.82, 2.24) is 15.2 Å². The van der Waals surface area contributed by atoms with Gasteiger partial charge in [0.1, 0.15) is 17.7 Å². The zero-order chi connectivity index (χ0) is 17.2. The number of amides is 1. The Kier molecular flexibility index (Phi) is 3.66. The quantitative estimate of drug-likeness (QED) is 0.596. The van der Waals surface area contributed by atoms with Gasteiger partial charge in [0, 0.05) is 16.5 Å². The molecule has 124 valence electrons. The number of fused-ring (bicyclic) bond motifs is 1. The first-order valence-electron chi connectivity index (χ1n) is 7.58. The fourth-order valence-corrected chi connectivity index (χ4v) is 2.57. The number of hydrogen-bond acceptors (Lipinski definition) is 5. The minimum Gasteiger partial charge on any atom is -0.497 e. The molecule has 4 rings (SSSR count). The summed E-state index contributed by atoms with van der Waals surface area (Å²) in [5.74, 6) is 0.472. The molecule has 0 aliphatic rings. The highest BCUT2D eigenvalue weighted by Crippen LogP contribution is 2.29. The van der Waals surface area contributed by atoms with Gasteiger partial charge in [-0.2, -0.15) is 5.10 Å². The van der Waals surface area contributed by atoms with Crippen molar-refractivity contribution in [2.45, 2.75) is 0 Å². The van der Waals surface area contributed by atoms with Crippen molar-refractivity contribution in [2.75, 3.05) is 12.4 Å². The molecular formula is C18H14N4O3. The molecule has 0 saturated heterocycles. The van der Waals surface area contributed by atoms with Crippen LogP contribution >= 0.6 is 0 Å². The van der Waals surface area contributed by atoms with Crippen molar-refractivity contribution < 1.29 is 13.9 Å². The van der Waals surface area contributed by atoms with Crippen molar-refractivity contribution in [3.8, 4) is 17.0 Å². The van der Waals surface area contributed by atoms with Gasteiger partial charge in [-0.25, -0.2) is 4.98 Å². The van der Waals surface area contributed by atoms with E-state index in [4.69, 9.17) is 9.15 Å². The van der Waals surface area contributed by atoms with Crippen LogP contribution in [0.2, 0.25) is 0 Å². The second-order valence-corrected chi connectivity index (χ2v) is 5.35. The van der Waals surface area contributed by atoms with E-state index >= 15 is 0 Å². The van der Waals surface area contributed by atoms with Gasteiger partial charge in [0.05, 0.1) is 18.8 Å². The summed E-state index contributed by atoms with van der Waals surface area (Å²) >= 11 is 0. The molecule has 2 aromatic carbocycles. The summed E-state index contributed by atoms with van der Waals surface area (Å²) in [5.41, 5.74) is 3.11. The third-order valence-corrected chi connectivity index (χ3v) is 3.84. The van der Waals surface area contributed by atoms with E-state index in [1.54, 1.807) is 19.2 Å². The Labute approximate surface area is 142 Å². The van der Waals surface area contributed by atoms with Crippen LogP contribution in [0.3, 0.4) is 0 Å². The first-order chi connectivity index (χ1) is 12.2. The molecule has 0 radical (unpaired) electrons. The average molecular weight is 334 g/mol. The Hall–Kier alpha value is -3.61. The lowest BCUT2D eigenvalue weighted by Crippen LogP contribution is -2.11. The normalized spacial score (nSPS) is 10.8. The van der Waals surface area contributed by atoms with Crippen molar-refractivity contribution in [3.63, 3.8) is 0 Å². The van der Waals surface area contributed by atoms with Crippen LogP contribution in [0.4, 0.5) is 6.01 Å². The number of nitrogens with zero attached hydrogens (tertiary/aromatic N) is 2. The first kappa shape index (κ1) is 14.9. The zero-order valence-electron chi connectivity index (χ0n) is 13.3. The van der Waals surface area contributed by atoms with Crippen LogP contribution in [0, 0.1) is 0 Å². The van der Waals surface area contributed by atoms with E-state index in [2.05, 4.69) is 20.5 Å². The Balaban J connectivity index is 1.63. The van der Waals surface area contributed by atoms with E-state index in [0.29, 0.717) is 5.56 Å². The smallest absolute Gasteiger partial charge is 0.301 e. The summed E-state index contributed by atoms with van der Waals surface area (Å²) in [7, 11) is 1.63. The molecule has 0 bridgehead atoms. The maximum atomic E-state index is 12.2. The fourth-order valence-electron chi connectivity index (χ4n) is 2.57. The van der Waals surface area contributed by atoms with Crippen molar-refractivity contribution >= 4 is 22.8 Å². The number of carbonyl (C=O) groups is 1. The van der Waals surface area contributed by atoms with Gasteiger partial charge in [-0.15, -0.1) is 0 Å². The maximum Gasteiger partial charge on any atom is 0.301 e. The number of nitrogens with one attached hydrogen (secondary N) is 2. The minimum atomic E-state index is -0.289. The zero-order valence-corrected chi connectivity index (χ0v) is 13.3. The molecule has 0 fully saturated rings. The largest absolute Gasteiger partial charge is 0.497 e. The Morgan fingerprint density at radius 3 is 2.76 bits per heavy atom. The Morgan fingerprint density at radius 2 is 2.04 bits per heavy atom. The average Bonchev–Trinajstić information content (AvgIpc) is 3.30. The second-order valence-electron chi connectivity index (χ2n) is 5.35. The van der Waals surface area contributed by atoms with Crippen molar-refractivity contribution in [2.24, 2.45) is 0 Å². The molecule has 4 aromatic rings. The van der Waals surface area contributed by atoms with Crippen LogP contribution in [0.5, 0.6) is 5.75 Å². The molecule has 1 amide bonds. The minimum absolute atomic E-state index is 0.166. The van der Waals surface area contributed by atoms with Crippen molar-refractivity contribution in [3.05, 3.63) is 60.5 Å². The number of aromatic amines is 1. The van der Waals surface area contributed by atoms with Gasteiger partial charge < -0.3 is 9.15 Å². The van der Waals surface area contributed by atoms with Gasteiger partial charge in [-0.3, -0.25) is 15.2 Å². The molecule has 0 saturated carbocycles. The van der Waals surface area contributed by atoms with Gasteiger partial charge in [-0.1, -0.05) is 12.1 Å². The molecule has 0 unspecified atom stereocenters. The van der Waals surface area contributed by atoms with E-state index in [1.807, 2.05) is 30.3 Å². The summed E-state index contributed by atoms with van der Waals surface area (Å²) in [4.78, 5) is 16.0. The van der Waals surface area contributed by atoms with E-state index in [0.717, 1.165) is 27.9 Å². The standard InChI is InChI=1S/C18H14N4O3/c1-24-13-6-7-15-14(10-13)16(22-21-15)11-2-4-12(5-3-11)17(23)20-18-19-8-9-25-18/h2-10H,1H3,(H,21,22)(H,19,20,23). The summed E-state index contributed by atoms with van der Waals surface area (Å²) in [6.07, 6.45) is 2.87. The van der Waals surface area contributed by atoms with Crippen LogP contribution in [0.15, 0.2) is 59.3 Å². The van der Waals surface area contributed by atoms with Gasteiger partial charge in [-0.05, 0) is 30.3 Å². The number of benzene rings is 2. The van der Waals surface area contributed by atoms with Crippen LogP contribution < -0.4 is 10.1 Å².